The van der Waals surface area contributed by atoms with E-state index in [1.165, 1.54) is 17.7 Å². The smallest absolute Gasteiger partial charge is 0.235 e. The fourth-order valence-electron chi connectivity index (χ4n) is 4.62. The maximum Gasteiger partial charge on any atom is 0.235 e. The van der Waals surface area contributed by atoms with Gasteiger partial charge in [-0.15, -0.1) is 0 Å². The number of hydrogen-bond donors (Lipinski definition) is 1. The summed E-state index contributed by atoms with van der Waals surface area (Å²) in [5.41, 5.74) is 4.85. The molecule has 154 valence electrons. The van der Waals surface area contributed by atoms with Gasteiger partial charge in [0.1, 0.15) is 5.82 Å². The second kappa shape index (κ2) is 8.25. The van der Waals surface area contributed by atoms with Gasteiger partial charge in [0.15, 0.2) is 0 Å². The van der Waals surface area contributed by atoms with Crippen LogP contribution in [0.1, 0.15) is 67.6 Å². The molecule has 0 bridgehead atoms. The van der Waals surface area contributed by atoms with Gasteiger partial charge in [-0.1, -0.05) is 32.0 Å². The van der Waals surface area contributed by atoms with Gasteiger partial charge in [0.2, 0.25) is 5.91 Å². The van der Waals surface area contributed by atoms with E-state index in [1.54, 1.807) is 6.07 Å². The first-order valence-electron chi connectivity index (χ1n) is 10.6. The minimum absolute atomic E-state index is 0.0804. The number of nitrogens with zero attached hydrogens (tertiary/aromatic N) is 1. The van der Waals surface area contributed by atoms with Crippen LogP contribution in [-0.4, -0.2) is 30.4 Å². The van der Waals surface area contributed by atoms with Crippen LogP contribution in [-0.2, 0) is 16.0 Å². The molecule has 0 fully saturated rings. The van der Waals surface area contributed by atoms with E-state index in [0.29, 0.717) is 11.3 Å². The van der Waals surface area contributed by atoms with Crippen LogP contribution in [0, 0.1) is 5.82 Å². The SMILES string of the molecule is CCN(CC)CCCc1ccc2c(c1)C(C)OC2C1C(=O)Nc2ccc(F)cc21. The monoisotopic (exact) mass is 396 g/mol. The topological polar surface area (TPSA) is 41.6 Å². The second-order valence-corrected chi connectivity index (χ2v) is 7.99. The first-order valence-corrected chi connectivity index (χ1v) is 10.6. The van der Waals surface area contributed by atoms with E-state index in [2.05, 4.69) is 42.3 Å². The predicted molar refractivity (Wildman–Crippen MR) is 113 cm³/mol. The summed E-state index contributed by atoms with van der Waals surface area (Å²) in [6.07, 6.45) is 1.69. The first kappa shape index (κ1) is 20.0. The lowest BCUT2D eigenvalue weighted by molar-refractivity contribution is -0.121. The molecule has 0 radical (unpaired) electrons. The number of benzene rings is 2. The molecule has 1 N–H and O–H groups in total. The minimum atomic E-state index is -0.516. The lowest BCUT2D eigenvalue weighted by atomic mass is 9.88. The number of rotatable bonds is 7. The molecule has 5 heteroatoms. The van der Waals surface area contributed by atoms with Crippen molar-refractivity contribution in [3.8, 4) is 0 Å². The molecule has 0 saturated heterocycles. The van der Waals surface area contributed by atoms with Gasteiger partial charge in [0.05, 0.1) is 18.1 Å². The molecule has 3 atom stereocenters. The van der Waals surface area contributed by atoms with Crippen LogP contribution in [0.4, 0.5) is 10.1 Å². The van der Waals surface area contributed by atoms with Crippen molar-refractivity contribution in [1.29, 1.82) is 0 Å². The Labute approximate surface area is 172 Å². The number of carbonyl (C=O) groups is 1. The van der Waals surface area contributed by atoms with E-state index in [4.69, 9.17) is 4.74 Å². The van der Waals surface area contributed by atoms with Gasteiger partial charge in [0.25, 0.3) is 0 Å². The third-order valence-corrected chi connectivity index (χ3v) is 6.27. The highest BCUT2D eigenvalue weighted by Crippen LogP contribution is 2.50. The summed E-state index contributed by atoms with van der Waals surface area (Å²) in [6, 6.07) is 10.9. The highest BCUT2D eigenvalue weighted by Gasteiger charge is 2.43. The second-order valence-electron chi connectivity index (χ2n) is 7.99. The molecule has 2 aliphatic rings. The van der Waals surface area contributed by atoms with Gasteiger partial charge in [0, 0.05) is 5.69 Å². The Morgan fingerprint density at radius 2 is 1.86 bits per heavy atom. The third kappa shape index (κ3) is 3.81. The summed E-state index contributed by atoms with van der Waals surface area (Å²) < 4.78 is 20.0. The van der Waals surface area contributed by atoms with E-state index in [0.717, 1.165) is 43.6 Å². The van der Waals surface area contributed by atoms with Crippen LogP contribution >= 0.6 is 0 Å². The molecule has 1 amide bonds. The lowest BCUT2D eigenvalue weighted by Crippen LogP contribution is -2.24. The minimum Gasteiger partial charge on any atom is -0.365 e. The molecule has 4 nitrogen and oxygen atoms in total. The zero-order valence-electron chi connectivity index (χ0n) is 17.4. The number of fused-ring (bicyclic) bond motifs is 2. The van der Waals surface area contributed by atoms with Crippen molar-refractivity contribution in [2.75, 3.05) is 25.0 Å². The highest BCUT2D eigenvalue weighted by atomic mass is 19.1. The molecule has 2 aromatic carbocycles. The van der Waals surface area contributed by atoms with Gasteiger partial charge in [-0.2, -0.15) is 0 Å². The number of halogens is 1. The summed E-state index contributed by atoms with van der Waals surface area (Å²) in [5.74, 6) is -0.975. The molecular weight excluding hydrogens is 367 g/mol. The summed E-state index contributed by atoms with van der Waals surface area (Å²) >= 11 is 0. The van der Waals surface area contributed by atoms with E-state index >= 15 is 0 Å². The molecule has 0 saturated carbocycles. The quantitative estimate of drug-likeness (QED) is 0.719. The van der Waals surface area contributed by atoms with Crippen LogP contribution in [0.5, 0.6) is 0 Å². The van der Waals surface area contributed by atoms with Crippen molar-refractivity contribution < 1.29 is 13.9 Å². The molecule has 0 aromatic heterocycles. The van der Waals surface area contributed by atoms with Crippen molar-refractivity contribution in [3.63, 3.8) is 0 Å². The molecule has 4 rings (SSSR count). The molecule has 0 spiro atoms. The fraction of sp³-hybridized carbons (Fsp3) is 0.458. The molecular formula is C24H29FN2O2. The zero-order chi connectivity index (χ0) is 20.5. The van der Waals surface area contributed by atoms with Crippen LogP contribution in [0.25, 0.3) is 0 Å². The number of hydrogen-bond acceptors (Lipinski definition) is 3. The first-order chi connectivity index (χ1) is 14.0. The lowest BCUT2D eigenvalue weighted by Gasteiger charge is -2.19. The normalized spacial score (nSPS) is 22.7. The average molecular weight is 397 g/mol. The Balaban J connectivity index is 1.55. The number of anilines is 1. The van der Waals surface area contributed by atoms with Crippen LogP contribution in [0.3, 0.4) is 0 Å². The largest absolute Gasteiger partial charge is 0.365 e. The van der Waals surface area contributed by atoms with E-state index < -0.39 is 5.92 Å². The van der Waals surface area contributed by atoms with Crippen LogP contribution < -0.4 is 5.32 Å². The van der Waals surface area contributed by atoms with Crippen LogP contribution in [0.15, 0.2) is 36.4 Å². The van der Waals surface area contributed by atoms with E-state index in [9.17, 15) is 9.18 Å². The zero-order valence-corrected chi connectivity index (χ0v) is 17.4. The number of carbonyl (C=O) groups excluding carboxylic acids is 1. The number of nitrogens with one attached hydrogen (secondary N) is 1. The van der Waals surface area contributed by atoms with E-state index in [1.807, 2.05) is 6.92 Å². The van der Waals surface area contributed by atoms with Gasteiger partial charge in [-0.3, -0.25) is 4.79 Å². The molecule has 2 aromatic rings. The van der Waals surface area contributed by atoms with Gasteiger partial charge in [-0.25, -0.2) is 4.39 Å². The van der Waals surface area contributed by atoms with Crippen LogP contribution in [0.2, 0.25) is 0 Å². The maximum absolute atomic E-state index is 13.8. The molecule has 2 aliphatic heterocycles. The van der Waals surface area contributed by atoms with Crippen molar-refractivity contribution in [1.82, 2.24) is 4.90 Å². The summed E-state index contributed by atoms with van der Waals surface area (Å²) in [7, 11) is 0. The molecule has 29 heavy (non-hydrogen) atoms. The summed E-state index contributed by atoms with van der Waals surface area (Å²) in [6.45, 7) is 9.68. The van der Waals surface area contributed by atoms with Gasteiger partial charge < -0.3 is 15.0 Å². The maximum atomic E-state index is 13.8. The van der Waals surface area contributed by atoms with Gasteiger partial charge >= 0.3 is 0 Å². The predicted octanol–water partition coefficient (Wildman–Crippen LogP) is 4.97. The summed E-state index contributed by atoms with van der Waals surface area (Å²) in [5, 5.41) is 2.87. The molecule has 2 heterocycles. The Morgan fingerprint density at radius 1 is 1.07 bits per heavy atom. The van der Waals surface area contributed by atoms with E-state index in [-0.39, 0.29) is 23.9 Å². The third-order valence-electron chi connectivity index (χ3n) is 6.27. The Kier molecular flexibility index (Phi) is 5.70. The van der Waals surface area contributed by atoms with Crippen molar-refractivity contribution in [3.05, 3.63) is 64.5 Å². The molecule has 3 unspecified atom stereocenters. The van der Waals surface area contributed by atoms with Crippen molar-refractivity contribution >= 4 is 11.6 Å². The van der Waals surface area contributed by atoms with Crippen molar-refractivity contribution in [2.24, 2.45) is 0 Å². The summed E-state index contributed by atoms with van der Waals surface area (Å²) in [4.78, 5) is 15.1. The number of amides is 1. The van der Waals surface area contributed by atoms with Crippen molar-refractivity contribution in [2.45, 2.75) is 51.7 Å². The van der Waals surface area contributed by atoms with Gasteiger partial charge in [-0.05, 0) is 79.9 Å². The Bertz CT molecular complexity index is 910. The fourth-order valence-corrected chi connectivity index (χ4v) is 4.62. The Hall–Kier alpha value is -2.24. The highest BCUT2D eigenvalue weighted by molar-refractivity contribution is 6.03. The standard InChI is InChI=1S/C24H29FN2O2/c1-4-27(5-2)12-6-7-16-8-10-18-19(13-16)15(3)29-23(18)22-20-14-17(25)9-11-21(20)26-24(22)28/h8-11,13-15,22-23H,4-7,12H2,1-3H3,(H,26,28). The average Bonchev–Trinajstić information content (AvgIpc) is 3.20. The Morgan fingerprint density at radius 3 is 2.62 bits per heavy atom. The number of aryl methyl sites for hydroxylation is 1. The number of ether oxygens (including phenoxy) is 1. The molecule has 0 aliphatic carbocycles.